The summed E-state index contributed by atoms with van der Waals surface area (Å²) in [5.41, 5.74) is 5.75. The van der Waals surface area contributed by atoms with Gasteiger partial charge in [0.1, 0.15) is 40.3 Å². The van der Waals surface area contributed by atoms with Crippen LogP contribution >= 0.6 is 0 Å². The van der Waals surface area contributed by atoms with Crippen LogP contribution in [0.1, 0.15) is 27.8 Å². The Morgan fingerprint density at radius 1 is 1.05 bits per heavy atom. The molecular weight excluding hydrogens is 514 g/mol. The van der Waals surface area contributed by atoms with Crippen LogP contribution in [0, 0.1) is 4.91 Å². The molecule has 0 saturated carbocycles. The van der Waals surface area contributed by atoms with Crippen LogP contribution in [0.5, 0.6) is 17.2 Å². The topological polar surface area (TPSA) is 225 Å². The van der Waals surface area contributed by atoms with Gasteiger partial charge in [0, 0.05) is 24.6 Å². The summed E-state index contributed by atoms with van der Waals surface area (Å²) in [5.74, 6) is -1.72. The Kier molecular flexibility index (Phi) is 9.17. The number of urea groups is 1. The number of ether oxygens (including phenoxy) is 1. The summed E-state index contributed by atoms with van der Waals surface area (Å²) in [6.45, 7) is -0.622. The fourth-order valence-corrected chi connectivity index (χ4v) is 3.73. The number of phenols is 2. The fraction of sp³-hybridized carbons (Fsp3) is 0.154. The molecule has 8 N–H and O–H groups in total. The third-order valence-corrected chi connectivity index (χ3v) is 5.47. The summed E-state index contributed by atoms with van der Waals surface area (Å²) < 4.78 is 11.6. The molecule has 0 aliphatic rings. The van der Waals surface area contributed by atoms with E-state index in [1.165, 1.54) is 54.6 Å². The van der Waals surface area contributed by atoms with Gasteiger partial charge in [-0.25, -0.2) is 4.79 Å². The Bertz CT molecular complexity index is 1480. The van der Waals surface area contributed by atoms with Crippen LogP contribution in [0.2, 0.25) is 0 Å². The summed E-state index contributed by atoms with van der Waals surface area (Å²) in [5, 5.41) is 51.9. The van der Waals surface area contributed by atoms with Crippen LogP contribution in [-0.4, -0.2) is 57.2 Å². The van der Waals surface area contributed by atoms with E-state index in [0.717, 1.165) is 13.2 Å². The number of phenolic OH excluding ortho intramolecular Hbond substituents is 2. The number of ketones is 1. The summed E-state index contributed by atoms with van der Waals surface area (Å²) in [7, 11) is 1.00. The van der Waals surface area contributed by atoms with Crippen molar-refractivity contribution in [2.45, 2.75) is 12.2 Å². The maximum absolute atomic E-state index is 13.1. The Balaban J connectivity index is 0.00000205. The van der Waals surface area contributed by atoms with Crippen molar-refractivity contribution in [3.05, 3.63) is 82.5 Å². The molecule has 1 heterocycles. The number of aliphatic hydroxyl groups excluding tert-OH is 3. The molecule has 4 rings (SSSR count). The molecule has 1 aromatic heterocycles. The zero-order valence-electron chi connectivity index (χ0n) is 20.4. The number of hydrogen-bond donors (Lipinski definition) is 7. The second kappa shape index (κ2) is 12.5. The standard InChI is InChI=1S/C25H21N3O9.CH4O/c26-25(34)27-21-17-8-6-15(36-23(19(32)11-29)12-1-3-13(28-35)4-2-12)10-20(17)37-24(21)22(33)16-7-5-14(30)9-18(16)31;1-2/h1-10,19,23,29-32H,11H2,(H3,26,27,34);2H,1H3. The number of hydrogen-bond acceptors (Lipinski definition) is 11. The van der Waals surface area contributed by atoms with Gasteiger partial charge in [-0.3, -0.25) is 4.79 Å². The normalized spacial score (nSPS) is 12.1. The van der Waals surface area contributed by atoms with Crippen LogP contribution in [0.25, 0.3) is 11.0 Å². The monoisotopic (exact) mass is 539 g/mol. The third kappa shape index (κ3) is 6.30. The number of anilines is 1. The Morgan fingerprint density at radius 3 is 2.33 bits per heavy atom. The lowest BCUT2D eigenvalue weighted by Crippen LogP contribution is -2.27. The Hall–Kier alpha value is -4.98. The highest BCUT2D eigenvalue weighted by molar-refractivity contribution is 6.18. The van der Waals surface area contributed by atoms with Gasteiger partial charge in [0.25, 0.3) is 0 Å². The van der Waals surface area contributed by atoms with E-state index in [9.17, 15) is 34.9 Å². The van der Waals surface area contributed by atoms with Crippen molar-refractivity contribution >= 4 is 34.2 Å². The largest absolute Gasteiger partial charge is 0.508 e. The van der Waals surface area contributed by atoms with Crippen molar-refractivity contribution in [3.63, 3.8) is 0 Å². The first kappa shape index (κ1) is 28.6. The number of rotatable bonds is 9. The van der Waals surface area contributed by atoms with E-state index >= 15 is 0 Å². The number of benzene rings is 3. The first-order valence-electron chi connectivity index (χ1n) is 11.2. The number of nitrogens with two attached hydrogens (primary N) is 1. The van der Waals surface area contributed by atoms with E-state index in [2.05, 4.69) is 10.5 Å². The van der Waals surface area contributed by atoms with Crippen molar-refractivity contribution in [2.75, 3.05) is 19.0 Å². The highest BCUT2D eigenvalue weighted by Crippen LogP contribution is 2.37. The van der Waals surface area contributed by atoms with Gasteiger partial charge in [-0.1, -0.05) is 12.1 Å². The molecule has 4 aromatic rings. The van der Waals surface area contributed by atoms with Crippen molar-refractivity contribution < 1.29 is 44.3 Å². The molecule has 0 spiro atoms. The molecule has 0 fully saturated rings. The minimum atomic E-state index is -1.33. The lowest BCUT2D eigenvalue weighted by molar-refractivity contribution is -0.00186. The smallest absolute Gasteiger partial charge is 0.316 e. The van der Waals surface area contributed by atoms with Crippen molar-refractivity contribution in [1.82, 2.24) is 0 Å². The number of primary amides is 1. The van der Waals surface area contributed by atoms with Gasteiger partial charge >= 0.3 is 6.03 Å². The number of carbonyl (C=O) groups excluding carboxylic acids is 2. The quantitative estimate of drug-likeness (QED) is 0.121. The maximum atomic E-state index is 13.1. The summed E-state index contributed by atoms with van der Waals surface area (Å²) in [4.78, 5) is 35.5. The highest BCUT2D eigenvalue weighted by atomic mass is 16.5. The first-order chi connectivity index (χ1) is 18.7. The summed E-state index contributed by atoms with van der Waals surface area (Å²) >= 11 is 0. The van der Waals surface area contributed by atoms with E-state index in [4.69, 9.17) is 20.0 Å². The number of nitroso groups, excluding NO2 is 1. The zero-order valence-corrected chi connectivity index (χ0v) is 20.4. The molecule has 2 atom stereocenters. The molecular formula is C26H25N3O10. The molecule has 39 heavy (non-hydrogen) atoms. The van der Waals surface area contributed by atoms with Gasteiger partial charge in [0.05, 0.1) is 12.2 Å². The van der Waals surface area contributed by atoms with Crippen molar-refractivity contribution in [2.24, 2.45) is 10.9 Å². The average Bonchev–Trinajstić information content (AvgIpc) is 3.29. The molecule has 3 aromatic carbocycles. The molecule has 0 aliphatic carbocycles. The predicted octanol–water partition coefficient (Wildman–Crippen LogP) is 3.05. The maximum Gasteiger partial charge on any atom is 0.316 e. The number of fused-ring (bicyclic) bond motifs is 1. The molecule has 0 aliphatic heterocycles. The highest BCUT2D eigenvalue weighted by Gasteiger charge is 2.27. The van der Waals surface area contributed by atoms with E-state index in [1.807, 2.05) is 0 Å². The van der Waals surface area contributed by atoms with Gasteiger partial charge in [-0.15, -0.1) is 4.91 Å². The van der Waals surface area contributed by atoms with Crippen LogP contribution in [0.4, 0.5) is 16.2 Å². The van der Waals surface area contributed by atoms with Gasteiger partial charge in [-0.05, 0) is 47.1 Å². The molecule has 204 valence electrons. The molecule has 0 bridgehead atoms. The molecule has 0 saturated heterocycles. The summed E-state index contributed by atoms with van der Waals surface area (Å²) in [6, 6.07) is 12.6. The molecule has 13 nitrogen and oxygen atoms in total. The number of aromatic hydroxyl groups is 2. The van der Waals surface area contributed by atoms with E-state index < -0.39 is 36.4 Å². The van der Waals surface area contributed by atoms with Crippen LogP contribution in [-0.2, 0) is 0 Å². The Morgan fingerprint density at radius 2 is 1.74 bits per heavy atom. The summed E-state index contributed by atoms with van der Waals surface area (Å²) in [6.07, 6.45) is -2.37. The van der Waals surface area contributed by atoms with Gasteiger partial charge in [0.15, 0.2) is 11.9 Å². The second-order valence-corrected chi connectivity index (χ2v) is 7.96. The van der Waals surface area contributed by atoms with E-state index in [0.29, 0.717) is 5.56 Å². The number of aliphatic hydroxyl groups is 3. The van der Waals surface area contributed by atoms with Crippen molar-refractivity contribution in [1.29, 1.82) is 0 Å². The van der Waals surface area contributed by atoms with E-state index in [-0.39, 0.29) is 45.2 Å². The third-order valence-electron chi connectivity index (χ3n) is 5.47. The first-order valence-corrected chi connectivity index (χ1v) is 11.2. The van der Waals surface area contributed by atoms with Gasteiger partial charge in [0.2, 0.25) is 5.78 Å². The minimum Gasteiger partial charge on any atom is -0.508 e. The average molecular weight is 539 g/mol. The molecule has 13 heteroatoms. The minimum absolute atomic E-state index is 0.0459. The zero-order chi connectivity index (χ0) is 28.7. The molecule has 2 unspecified atom stereocenters. The lowest BCUT2D eigenvalue weighted by Gasteiger charge is -2.23. The van der Waals surface area contributed by atoms with Gasteiger partial charge in [-0.2, -0.15) is 0 Å². The number of nitrogens with zero attached hydrogens (tertiary/aromatic N) is 1. The van der Waals surface area contributed by atoms with Gasteiger partial charge < -0.3 is 45.7 Å². The van der Waals surface area contributed by atoms with Crippen molar-refractivity contribution in [3.8, 4) is 17.2 Å². The van der Waals surface area contributed by atoms with Crippen LogP contribution in [0.15, 0.2) is 70.3 Å². The number of furan rings is 1. The Labute approximate surface area is 220 Å². The number of carbonyl (C=O) groups is 2. The van der Waals surface area contributed by atoms with Crippen LogP contribution in [0.3, 0.4) is 0 Å². The SMILES string of the molecule is CO.NC(=O)Nc1c(C(=O)c2ccc(O)cc2O)oc2cc(OC(c3ccc(N=O)cc3)C(O)CO)ccc12. The van der Waals surface area contributed by atoms with E-state index in [1.54, 1.807) is 0 Å². The van der Waals surface area contributed by atoms with Crippen LogP contribution < -0.4 is 15.8 Å². The number of nitrogens with one attached hydrogen (secondary N) is 1. The predicted molar refractivity (Wildman–Crippen MR) is 139 cm³/mol. The second-order valence-electron chi connectivity index (χ2n) is 7.96. The number of amides is 2. The lowest BCUT2D eigenvalue weighted by atomic mass is 10.0. The fourth-order valence-electron chi connectivity index (χ4n) is 3.73. The molecule has 0 radical (unpaired) electrons. The molecule has 2 amide bonds.